The number of furan rings is 1. The van der Waals surface area contributed by atoms with Crippen molar-refractivity contribution in [1.29, 1.82) is 0 Å². The van der Waals surface area contributed by atoms with Crippen LogP contribution in [0.3, 0.4) is 0 Å². The van der Waals surface area contributed by atoms with Gasteiger partial charge >= 0.3 is 0 Å². The van der Waals surface area contributed by atoms with Crippen LogP contribution in [0.5, 0.6) is 5.75 Å². The Bertz CT molecular complexity index is 1110. The van der Waals surface area contributed by atoms with Crippen molar-refractivity contribution < 1.29 is 22.4 Å². The second-order valence-electron chi connectivity index (χ2n) is 6.37. The highest BCUT2D eigenvalue weighted by atomic mass is 32.2. The minimum absolute atomic E-state index is 0.0233. The van der Waals surface area contributed by atoms with E-state index in [0.717, 1.165) is 9.87 Å². The highest BCUT2D eigenvalue weighted by molar-refractivity contribution is 7.89. The molecule has 1 N–H and O–H groups in total. The fourth-order valence-electron chi connectivity index (χ4n) is 2.78. The monoisotopic (exact) mass is 414 g/mol. The number of carbonyl (C=O) groups excluding carboxylic acids is 1. The quantitative estimate of drug-likeness (QED) is 0.634. The van der Waals surface area contributed by atoms with Gasteiger partial charge in [-0.1, -0.05) is 30.3 Å². The van der Waals surface area contributed by atoms with Crippen molar-refractivity contribution in [1.82, 2.24) is 4.31 Å². The van der Waals surface area contributed by atoms with Gasteiger partial charge in [0.1, 0.15) is 10.6 Å². The van der Waals surface area contributed by atoms with E-state index in [-0.39, 0.29) is 16.4 Å². The first-order valence-electron chi connectivity index (χ1n) is 8.98. The number of ether oxygens (including phenoxy) is 1. The molecule has 1 heterocycles. The average Bonchev–Trinajstić information content (AvgIpc) is 3.20. The Hall–Kier alpha value is -3.10. The zero-order chi connectivity index (χ0) is 21.0. The van der Waals surface area contributed by atoms with E-state index in [1.807, 2.05) is 30.3 Å². The third-order valence-corrected chi connectivity index (χ3v) is 6.05. The fraction of sp³-hybridized carbons (Fsp3) is 0.190. The number of nitrogens with zero attached hydrogens (tertiary/aromatic N) is 1. The number of rotatable bonds is 7. The predicted molar refractivity (Wildman–Crippen MR) is 111 cm³/mol. The standard InChI is InChI=1S/C21H22N2O5S/c1-4-27-18-11-10-16(14-19(18)29(25,26)23(2)3)22-21(24)20-17(12-13-28-20)15-8-6-5-7-9-15/h5-14H,4H2,1-3H3,(H,22,24). The van der Waals surface area contributed by atoms with Gasteiger partial charge in [-0.15, -0.1) is 0 Å². The van der Waals surface area contributed by atoms with Crippen LogP contribution in [0.2, 0.25) is 0 Å². The Morgan fingerprint density at radius 3 is 2.48 bits per heavy atom. The number of nitrogens with one attached hydrogen (secondary N) is 1. The average molecular weight is 414 g/mol. The molecule has 0 spiro atoms. The summed E-state index contributed by atoms with van der Waals surface area (Å²) in [5.41, 5.74) is 1.80. The van der Waals surface area contributed by atoms with E-state index in [2.05, 4.69) is 5.32 Å². The van der Waals surface area contributed by atoms with Gasteiger partial charge in [-0.2, -0.15) is 0 Å². The summed E-state index contributed by atoms with van der Waals surface area (Å²) >= 11 is 0. The van der Waals surface area contributed by atoms with Crippen molar-refractivity contribution in [2.75, 3.05) is 26.0 Å². The van der Waals surface area contributed by atoms with Crippen LogP contribution in [-0.4, -0.2) is 39.3 Å². The SMILES string of the molecule is CCOc1ccc(NC(=O)c2occc2-c2ccccc2)cc1S(=O)(=O)N(C)C. The molecule has 3 aromatic rings. The molecule has 0 aliphatic rings. The minimum Gasteiger partial charge on any atom is -0.492 e. The Labute approximate surface area is 170 Å². The molecule has 2 aromatic carbocycles. The largest absolute Gasteiger partial charge is 0.492 e. The highest BCUT2D eigenvalue weighted by Gasteiger charge is 2.24. The van der Waals surface area contributed by atoms with Gasteiger partial charge in [-0.3, -0.25) is 4.79 Å². The Morgan fingerprint density at radius 1 is 1.10 bits per heavy atom. The molecule has 7 nitrogen and oxygen atoms in total. The van der Waals surface area contributed by atoms with E-state index in [0.29, 0.717) is 17.9 Å². The molecular formula is C21H22N2O5S. The number of hydrogen-bond acceptors (Lipinski definition) is 5. The van der Waals surface area contributed by atoms with Crippen LogP contribution in [-0.2, 0) is 10.0 Å². The first-order valence-corrected chi connectivity index (χ1v) is 10.4. The topological polar surface area (TPSA) is 88.8 Å². The molecule has 0 fully saturated rings. The molecule has 0 atom stereocenters. The van der Waals surface area contributed by atoms with Gasteiger partial charge in [-0.25, -0.2) is 12.7 Å². The molecule has 3 rings (SSSR count). The molecule has 0 saturated heterocycles. The summed E-state index contributed by atoms with van der Waals surface area (Å²) in [5.74, 6) is -0.115. The van der Waals surface area contributed by atoms with Crippen molar-refractivity contribution in [3.05, 3.63) is 66.6 Å². The van der Waals surface area contributed by atoms with Crippen LogP contribution in [0.15, 0.2) is 70.2 Å². The first kappa shape index (κ1) is 20.6. The summed E-state index contributed by atoms with van der Waals surface area (Å²) < 4.78 is 37.2. The molecule has 1 aromatic heterocycles. The van der Waals surface area contributed by atoms with Gasteiger partial charge in [0.15, 0.2) is 5.76 Å². The maximum absolute atomic E-state index is 12.8. The van der Waals surface area contributed by atoms with Crippen LogP contribution in [0, 0.1) is 0 Å². The highest BCUT2D eigenvalue weighted by Crippen LogP contribution is 2.30. The van der Waals surface area contributed by atoms with E-state index in [1.165, 1.54) is 32.5 Å². The lowest BCUT2D eigenvalue weighted by Crippen LogP contribution is -2.23. The predicted octanol–water partition coefficient (Wildman–Crippen LogP) is 3.85. The van der Waals surface area contributed by atoms with E-state index in [1.54, 1.807) is 19.1 Å². The molecule has 0 bridgehead atoms. The summed E-state index contributed by atoms with van der Waals surface area (Å²) in [5, 5.41) is 2.70. The second kappa shape index (κ2) is 8.50. The van der Waals surface area contributed by atoms with E-state index < -0.39 is 15.9 Å². The molecule has 0 aliphatic heterocycles. The van der Waals surface area contributed by atoms with E-state index >= 15 is 0 Å². The molecule has 0 unspecified atom stereocenters. The van der Waals surface area contributed by atoms with Crippen molar-refractivity contribution in [3.63, 3.8) is 0 Å². The number of benzene rings is 2. The number of sulfonamides is 1. The number of carbonyl (C=O) groups is 1. The molecule has 0 radical (unpaired) electrons. The van der Waals surface area contributed by atoms with Crippen LogP contribution >= 0.6 is 0 Å². The fourth-order valence-corrected chi connectivity index (χ4v) is 3.83. The van der Waals surface area contributed by atoms with Gasteiger partial charge in [0.25, 0.3) is 5.91 Å². The third kappa shape index (κ3) is 4.33. The Morgan fingerprint density at radius 2 is 1.83 bits per heavy atom. The molecule has 152 valence electrons. The van der Waals surface area contributed by atoms with Crippen molar-refractivity contribution in [3.8, 4) is 16.9 Å². The van der Waals surface area contributed by atoms with Crippen LogP contribution in [0.25, 0.3) is 11.1 Å². The van der Waals surface area contributed by atoms with Gasteiger partial charge in [0.2, 0.25) is 10.0 Å². The zero-order valence-corrected chi connectivity index (χ0v) is 17.2. The molecule has 0 aliphatic carbocycles. The van der Waals surface area contributed by atoms with Gasteiger partial charge in [0, 0.05) is 25.3 Å². The number of hydrogen-bond donors (Lipinski definition) is 1. The Kier molecular flexibility index (Phi) is 6.05. The minimum atomic E-state index is -3.76. The maximum atomic E-state index is 12.8. The summed E-state index contributed by atoms with van der Waals surface area (Å²) in [6.07, 6.45) is 1.44. The first-order chi connectivity index (χ1) is 13.8. The normalized spacial score (nSPS) is 11.4. The van der Waals surface area contributed by atoms with Crippen LogP contribution in [0.4, 0.5) is 5.69 Å². The lowest BCUT2D eigenvalue weighted by molar-refractivity contribution is 0.0997. The molecule has 29 heavy (non-hydrogen) atoms. The lowest BCUT2D eigenvalue weighted by atomic mass is 10.1. The third-order valence-electron chi connectivity index (χ3n) is 4.22. The van der Waals surface area contributed by atoms with Crippen molar-refractivity contribution in [2.24, 2.45) is 0 Å². The second-order valence-corrected chi connectivity index (χ2v) is 8.49. The smallest absolute Gasteiger partial charge is 0.292 e. The summed E-state index contributed by atoms with van der Waals surface area (Å²) in [6.45, 7) is 2.08. The number of anilines is 1. The molecule has 1 amide bonds. The van der Waals surface area contributed by atoms with E-state index in [4.69, 9.17) is 9.15 Å². The summed E-state index contributed by atoms with van der Waals surface area (Å²) in [6, 6.07) is 15.6. The zero-order valence-electron chi connectivity index (χ0n) is 16.4. The maximum Gasteiger partial charge on any atom is 0.292 e. The summed E-state index contributed by atoms with van der Waals surface area (Å²) in [7, 11) is -0.888. The molecule has 0 saturated carbocycles. The Balaban J connectivity index is 1.94. The van der Waals surface area contributed by atoms with Gasteiger partial charge < -0.3 is 14.5 Å². The van der Waals surface area contributed by atoms with Crippen LogP contribution < -0.4 is 10.1 Å². The van der Waals surface area contributed by atoms with Gasteiger partial charge in [0.05, 0.1) is 12.9 Å². The molecular weight excluding hydrogens is 392 g/mol. The van der Waals surface area contributed by atoms with Crippen molar-refractivity contribution in [2.45, 2.75) is 11.8 Å². The summed E-state index contributed by atoms with van der Waals surface area (Å²) in [4.78, 5) is 12.8. The lowest BCUT2D eigenvalue weighted by Gasteiger charge is -2.16. The number of amides is 1. The van der Waals surface area contributed by atoms with E-state index in [9.17, 15) is 13.2 Å². The van der Waals surface area contributed by atoms with Crippen LogP contribution in [0.1, 0.15) is 17.5 Å². The van der Waals surface area contributed by atoms with Gasteiger partial charge in [-0.05, 0) is 36.8 Å². The molecule has 8 heteroatoms. The van der Waals surface area contributed by atoms with Crippen molar-refractivity contribution >= 4 is 21.6 Å².